The van der Waals surface area contributed by atoms with Crippen molar-refractivity contribution >= 4 is 17.5 Å². The zero-order chi connectivity index (χ0) is 22.9. The predicted molar refractivity (Wildman–Crippen MR) is 125 cm³/mol. The van der Waals surface area contributed by atoms with Crippen LogP contribution in [0.15, 0.2) is 78.9 Å². The molecule has 0 fully saturated rings. The Morgan fingerprint density at radius 3 is 2.25 bits per heavy atom. The van der Waals surface area contributed by atoms with Crippen molar-refractivity contribution in [3.63, 3.8) is 0 Å². The summed E-state index contributed by atoms with van der Waals surface area (Å²) in [5, 5.41) is 2.90. The van der Waals surface area contributed by atoms with Crippen molar-refractivity contribution in [1.29, 1.82) is 0 Å². The van der Waals surface area contributed by atoms with Crippen molar-refractivity contribution in [3.8, 4) is 0 Å². The quantitative estimate of drug-likeness (QED) is 0.557. The van der Waals surface area contributed by atoms with Gasteiger partial charge in [0.25, 0.3) is 5.91 Å². The molecule has 0 unspecified atom stereocenters. The predicted octanol–water partition coefficient (Wildman–Crippen LogP) is 3.89. The van der Waals surface area contributed by atoms with Gasteiger partial charge in [-0.2, -0.15) is 0 Å². The fourth-order valence-electron chi connectivity index (χ4n) is 3.30. The molecule has 0 aliphatic rings. The first-order valence-electron chi connectivity index (χ1n) is 10.5. The first kappa shape index (κ1) is 23.2. The average Bonchev–Trinajstić information content (AvgIpc) is 2.78. The van der Waals surface area contributed by atoms with Crippen molar-refractivity contribution < 1.29 is 14.0 Å². The average molecular weight is 434 g/mol. The van der Waals surface area contributed by atoms with E-state index in [9.17, 15) is 14.0 Å². The highest BCUT2D eigenvalue weighted by molar-refractivity contribution is 6.06. The summed E-state index contributed by atoms with van der Waals surface area (Å²) >= 11 is 0. The topological polar surface area (TPSA) is 52.7 Å². The zero-order valence-electron chi connectivity index (χ0n) is 18.4. The van der Waals surface area contributed by atoms with Crippen LogP contribution in [0.5, 0.6) is 0 Å². The molecule has 0 heterocycles. The van der Waals surface area contributed by atoms with Crippen molar-refractivity contribution in [2.24, 2.45) is 0 Å². The minimum Gasteiger partial charge on any atom is -0.355 e. The Morgan fingerprint density at radius 2 is 1.59 bits per heavy atom. The molecule has 3 aromatic rings. The van der Waals surface area contributed by atoms with Gasteiger partial charge in [-0.25, -0.2) is 4.39 Å². The minimum absolute atomic E-state index is 0.0448. The van der Waals surface area contributed by atoms with Crippen LogP contribution in [0.1, 0.15) is 21.5 Å². The third-order valence-corrected chi connectivity index (χ3v) is 4.99. The van der Waals surface area contributed by atoms with E-state index in [4.69, 9.17) is 0 Å². The van der Waals surface area contributed by atoms with Gasteiger partial charge in [0.1, 0.15) is 5.82 Å². The number of amides is 2. The van der Waals surface area contributed by atoms with Crippen LogP contribution in [0, 0.1) is 5.82 Å². The monoisotopic (exact) mass is 433 g/mol. The molecule has 3 rings (SSSR count). The highest BCUT2D eigenvalue weighted by Crippen LogP contribution is 2.22. The van der Waals surface area contributed by atoms with E-state index in [1.165, 1.54) is 12.1 Å². The number of nitrogens with zero attached hydrogens (tertiary/aromatic N) is 2. The Bertz CT molecular complexity index is 1040. The van der Waals surface area contributed by atoms with Gasteiger partial charge in [0.05, 0.1) is 13.0 Å². The fourth-order valence-corrected chi connectivity index (χ4v) is 3.30. The molecule has 6 heteroatoms. The maximum atomic E-state index is 13.7. The van der Waals surface area contributed by atoms with Gasteiger partial charge in [0, 0.05) is 24.3 Å². The van der Waals surface area contributed by atoms with Gasteiger partial charge in [-0.05, 0) is 61.6 Å². The number of rotatable bonds is 9. The summed E-state index contributed by atoms with van der Waals surface area (Å²) in [5.74, 6) is -0.564. The maximum Gasteiger partial charge on any atom is 0.258 e. The number of hydrogen-bond donors (Lipinski definition) is 1. The molecule has 32 heavy (non-hydrogen) atoms. The molecule has 0 aromatic heterocycles. The van der Waals surface area contributed by atoms with Crippen LogP contribution in [-0.2, 0) is 17.8 Å². The summed E-state index contributed by atoms with van der Waals surface area (Å²) in [5.41, 5.74) is 2.78. The molecular weight excluding hydrogens is 405 g/mol. The molecule has 0 radical (unpaired) electrons. The van der Waals surface area contributed by atoms with E-state index in [0.717, 1.165) is 12.1 Å². The highest BCUT2D eigenvalue weighted by Gasteiger charge is 2.18. The molecule has 5 nitrogen and oxygen atoms in total. The van der Waals surface area contributed by atoms with Crippen LogP contribution >= 0.6 is 0 Å². The Balaban J connectivity index is 1.77. The van der Waals surface area contributed by atoms with E-state index in [2.05, 4.69) is 5.32 Å². The van der Waals surface area contributed by atoms with Gasteiger partial charge in [-0.15, -0.1) is 0 Å². The second-order valence-electron chi connectivity index (χ2n) is 7.88. The molecule has 1 N–H and O–H groups in total. The molecule has 0 atom stereocenters. The number of halogens is 1. The molecule has 0 bridgehead atoms. The number of nitrogens with one attached hydrogen (secondary N) is 1. The molecule has 3 aromatic carbocycles. The first-order chi connectivity index (χ1) is 15.4. The van der Waals surface area contributed by atoms with Crippen molar-refractivity contribution in [2.75, 3.05) is 32.1 Å². The Kier molecular flexibility index (Phi) is 8.11. The molecule has 0 spiro atoms. The first-order valence-corrected chi connectivity index (χ1v) is 10.5. The molecule has 0 saturated heterocycles. The summed E-state index contributed by atoms with van der Waals surface area (Å²) in [6, 6.07) is 22.6. The number of carbonyl (C=O) groups excluding carboxylic acids is 2. The van der Waals surface area contributed by atoms with Crippen molar-refractivity contribution in [3.05, 3.63) is 101 Å². The lowest BCUT2D eigenvalue weighted by atomic mass is 10.1. The maximum absolute atomic E-state index is 13.7. The van der Waals surface area contributed by atoms with Crippen LogP contribution in [-0.4, -0.2) is 43.9 Å². The lowest BCUT2D eigenvalue weighted by Gasteiger charge is -2.23. The lowest BCUT2D eigenvalue weighted by Crippen LogP contribution is -2.32. The summed E-state index contributed by atoms with van der Waals surface area (Å²) in [6.07, 6.45) is 0.268. The standard InChI is InChI=1S/C26H28FN3O2/c1-29(2)16-15-28-25(31)18-20-11-13-24(14-12-20)30(19-21-7-6-10-23(27)17-21)26(32)22-8-4-3-5-9-22/h3-14,17H,15-16,18-19H2,1-2H3,(H,28,31). The summed E-state index contributed by atoms with van der Waals surface area (Å²) in [4.78, 5) is 29.0. The molecular formula is C26H28FN3O2. The van der Waals surface area contributed by atoms with Crippen LogP contribution in [0.4, 0.5) is 10.1 Å². The second kappa shape index (κ2) is 11.2. The molecule has 0 saturated carbocycles. The van der Waals surface area contributed by atoms with E-state index in [0.29, 0.717) is 23.4 Å². The van der Waals surface area contributed by atoms with Gasteiger partial charge >= 0.3 is 0 Å². The number of carbonyl (C=O) groups is 2. The van der Waals surface area contributed by atoms with Gasteiger partial charge < -0.3 is 15.1 Å². The largest absolute Gasteiger partial charge is 0.355 e. The van der Waals surface area contributed by atoms with Crippen LogP contribution < -0.4 is 10.2 Å². The van der Waals surface area contributed by atoms with Crippen LogP contribution in [0.2, 0.25) is 0 Å². The Hall–Kier alpha value is -3.51. The van der Waals surface area contributed by atoms with Gasteiger partial charge in [-0.3, -0.25) is 9.59 Å². The SMILES string of the molecule is CN(C)CCNC(=O)Cc1ccc(N(Cc2cccc(F)c2)C(=O)c2ccccc2)cc1. The van der Waals surface area contributed by atoms with Gasteiger partial charge in [-0.1, -0.05) is 42.5 Å². The third-order valence-electron chi connectivity index (χ3n) is 4.99. The number of benzene rings is 3. The van der Waals surface area contributed by atoms with E-state index >= 15 is 0 Å². The Labute approximate surface area is 188 Å². The lowest BCUT2D eigenvalue weighted by molar-refractivity contribution is -0.120. The third kappa shape index (κ3) is 6.75. The Morgan fingerprint density at radius 1 is 0.875 bits per heavy atom. The van der Waals surface area contributed by atoms with E-state index in [1.54, 1.807) is 29.2 Å². The minimum atomic E-state index is -0.342. The van der Waals surface area contributed by atoms with Crippen LogP contribution in [0.25, 0.3) is 0 Å². The summed E-state index contributed by atoms with van der Waals surface area (Å²) in [6.45, 7) is 1.61. The summed E-state index contributed by atoms with van der Waals surface area (Å²) in [7, 11) is 3.91. The number of anilines is 1. The van der Waals surface area contributed by atoms with Crippen molar-refractivity contribution in [2.45, 2.75) is 13.0 Å². The molecule has 166 valence electrons. The zero-order valence-corrected chi connectivity index (χ0v) is 18.4. The molecule has 0 aliphatic carbocycles. The normalized spacial score (nSPS) is 10.8. The second-order valence-corrected chi connectivity index (χ2v) is 7.88. The van der Waals surface area contributed by atoms with Crippen molar-refractivity contribution in [1.82, 2.24) is 10.2 Å². The fraction of sp³-hybridized carbons (Fsp3) is 0.231. The van der Waals surface area contributed by atoms with E-state index < -0.39 is 0 Å². The molecule has 0 aliphatic heterocycles. The molecule has 2 amide bonds. The highest BCUT2D eigenvalue weighted by atomic mass is 19.1. The smallest absolute Gasteiger partial charge is 0.258 e. The number of likely N-dealkylation sites (N-methyl/N-ethyl adjacent to an activating group) is 1. The van der Waals surface area contributed by atoms with E-state index in [-0.39, 0.29) is 30.6 Å². The number of hydrogen-bond acceptors (Lipinski definition) is 3. The van der Waals surface area contributed by atoms with Gasteiger partial charge in [0.15, 0.2) is 0 Å². The van der Waals surface area contributed by atoms with Crippen LogP contribution in [0.3, 0.4) is 0 Å². The van der Waals surface area contributed by atoms with E-state index in [1.807, 2.05) is 61.5 Å². The van der Waals surface area contributed by atoms with Gasteiger partial charge in [0.2, 0.25) is 5.91 Å². The summed E-state index contributed by atoms with van der Waals surface area (Å²) < 4.78 is 13.7.